The lowest BCUT2D eigenvalue weighted by Crippen LogP contribution is -2.42. The van der Waals surface area contributed by atoms with E-state index < -0.39 is 35.7 Å². The molecule has 0 unspecified atom stereocenters. The van der Waals surface area contributed by atoms with Gasteiger partial charge in [0.15, 0.2) is 11.5 Å². The number of benzene rings is 1. The first kappa shape index (κ1) is 27.2. The molecule has 1 aliphatic carbocycles. The zero-order valence-corrected chi connectivity index (χ0v) is 21.9. The first-order chi connectivity index (χ1) is 19.2. The number of hydrogen-bond acceptors (Lipinski definition) is 7. The highest BCUT2D eigenvalue weighted by molar-refractivity contribution is 5.77. The minimum atomic E-state index is -4.82. The van der Waals surface area contributed by atoms with Crippen LogP contribution in [-0.2, 0) is 23.9 Å². The Morgan fingerprint density at radius 2 is 1.80 bits per heavy atom. The number of anilines is 2. The molecule has 1 aromatic carbocycles. The molecule has 0 atom stereocenters. The number of fused-ring (bicyclic) bond motifs is 2. The number of nitrogens with one attached hydrogen (secondary N) is 2. The molecule has 15 heteroatoms. The Hall–Kier alpha value is -4.01. The van der Waals surface area contributed by atoms with Crippen molar-refractivity contribution in [3.63, 3.8) is 0 Å². The van der Waals surface area contributed by atoms with E-state index >= 15 is 0 Å². The van der Waals surface area contributed by atoms with Gasteiger partial charge in [-0.3, -0.25) is 4.79 Å². The molecule has 1 fully saturated rings. The largest absolute Gasteiger partial charge is 0.408 e. The molecular weight excluding hydrogens is 554 g/mol. The SMILES string of the molecule is CC1(C)NCCc2cc(Nc3ncc4c(=O)n(CC(F)(F)F)n(-c5ccnc(C6(C(F)(F)F)CC6)n5)c4n3)ccc21. The summed E-state index contributed by atoms with van der Waals surface area (Å²) < 4.78 is 83.0. The number of rotatable bonds is 5. The van der Waals surface area contributed by atoms with Crippen LogP contribution in [0.3, 0.4) is 0 Å². The van der Waals surface area contributed by atoms with Crippen molar-refractivity contribution < 1.29 is 26.3 Å². The van der Waals surface area contributed by atoms with E-state index in [2.05, 4.69) is 44.4 Å². The normalized spacial score (nSPS) is 17.9. The van der Waals surface area contributed by atoms with Crippen LogP contribution in [0.2, 0.25) is 0 Å². The molecule has 2 aliphatic rings. The molecule has 4 heterocycles. The molecule has 0 bridgehead atoms. The molecule has 3 aromatic heterocycles. The van der Waals surface area contributed by atoms with Crippen LogP contribution in [0.25, 0.3) is 16.9 Å². The first-order valence-electron chi connectivity index (χ1n) is 12.8. The van der Waals surface area contributed by atoms with Crippen LogP contribution in [0, 0.1) is 0 Å². The molecule has 9 nitrogen and oxygen atoms in total. The maximum Gasteiger partial charge on any atom is 0.408 e. The number of halogens is 6. The van der Waals surface area contributed by atoms with Gasteiger partial charge in [0.1, 0.15) is 23.2 Å². The zero-order chi connectivity index (χ0) is 29.4. The Morgan fingerprint density at radius 3 is 2.49 bits per heavy atom. The summed E-state index contributed by atoms with van der Waals surface area (Å²) in [6.45, 7) is 3.20. The van der Waals surface area contributed by atoms with Gasteiger partial charge in [0.05, 0.1) is 0 Å². The molecule has 2 N–H and O–H groups in total. The van der Waals surface area contributed by atoms with Crippen LogP contribution in [0.4, 0.5) is 38.0 Å². The lowest BCUT2D eigenvalue weighted by molar-refractivity contribution is -0.162. The lowest BCUT2D eigenvalue weighted by Gasteiger charge is -2.34. The van der Waals surface area contributed by atoms with Gasteiger partial charge < -0.3 is 10.6 Å². The van der Waals surface area contributed by atoms with Crippen molar-refractivity contribution in [3.05, 3.63) is 64.0 Å². The fourth-order valence-electron chi connectivity index (χ4n) is 5.31. The number of aromatic nitrogens is 6. The van der Waals surface area contributed by atoms with E-state index in [-0.39, 0.29) is 41.2 Å². The fourth-order valence-corrected chi connectivity index (χ4v) is 5.31. The third-order valence-corrected chi connectivity index (χ3v) is 7.58. The van der Waals surface area contributed by atoms with E-state index in [9.17, 15) is 31.1 Å². The Morgan fingerprint density at radius 1 is 1.05 bits per heavy atom. The fraction of sp³-hybridized carbons (Fsp3) is 0.423. The van der Waals surface area contributed by atoms with Crippen LogP contribution in [0.5, 0.6) is 0 Å². The van der Waals surface area contributed by atoms with Gasteiger partial charge in [-0.05, 0) is 62.9 Å². The van der Waals surface area contributed by atoms with Crippen LogP contribution >= 0.6 is 0 Å². The quantitative estimate of drug-likeness (QED) is 0.333. The van der Waals surface area contributed by atoms with Crippen molar-refractivity contribution in [2.75, 3.05) is 11.9 Å². The first-order valence-corrected chi connectivity index (χ1v) is 12.8. The van der Waals surface area contributed by atoms with E-state index in [1.807, 2.05) is 18.2 Å². The lowest BCUT2D eigenvalue weighted by atomic mass is 9.85. The highest BCUT2D eigenvalue weighted by Crippen LogP contribution is 2.57. The second-order valence-electron chi connectivity index (χ2n) is 10.8. The molecule has 41 heavy (non-hydrogen) atoms. The third-order valence-electron chi connectivity index (χ3n) is 7.58. The molecular formula is C26H24F6N8O. The van der Waals surface area contributed by atoms with Crippen molar-refractivity contribution in [2.24, 2.45) is 0 Å². The molecule has 4 aromatic rings. The van der Waals surface area contributed by atoms with Crippen molar-refractivity contribution >= 4 is 22.7 Å². The second-order valence-corrected chi connectivity index (χ2v) is 10.8. The smallest absolute Gasteiger partial charge is 0.324 e. The number of nitrogens with zero attached hydrogens (tertiary/aromatic N) is 6. The van der Waals surface area contributed by atoms with Crippen LogP contribution in [0.15, 0.2) is 41.5 Å². The van der Waals surface area contributed by atoms with Crippen molar-refractivity contribution in [1.82, 2.24) is 34.6 Å². The van der Waals surface area contributed by atoms with E-state index in [4.69, 9.17) is 0 Å². The van der Waals surface area contributed by atoms with Gasteiger partial charge in [-0.2, -0.15) is 31.3 Å². The van der Waals surface area contributed by atoms with Gasteiger partial charge >= 0.3 is 12.4 Å². The highest BCUT2D eigenvalue weighted by Gasteiger charge is 2.66. The van der Waals surface area contributed by atoms with Gasteiger partial charge in [0.2, 0.25) is 5.95 Å². The maximum absolute atomic E-state index is 13.8. The molecule has 0 saturated heterocycles. The number of alkyl halides is 6. The second kappa shape index (κ2) is 8.99. The van der Waals surface area contributed by atoms with Crippen molar-refractivity contribution in [2.45, 2.75) is 63.0 Å². The van der Waals surface area contributed by atoms with Gasteiger partial charge in [0, 0.05) is 29.7 Å². The Balaban J connectivity index is 1.46. The molecule has 0 radical (unpaired) electrons. The van der Waals surface area contributed by atoms with Crippen LogP contribution in [-0.4, -0.2) is 48.2 Å². The topological polar surface area (TPSA) is 103 Å². The standard InChI is InChI=1S/C26H24F6N8O/c1-23(2)17-4-3-15(11-14(17)5-10-35-23)36-22-34-12-16-19(38-22)40(39(20(16)41)13-25(27,28)29)18-6-9-33-21(37-18)24(7-8-24)26(30,31)32/h3-4,6,9,11-12,35H,5,7-8,10,13H2,1-2H3,(H,34,36,38). The molecule has 1 saturated carbocycles. The Kier molecular flexibility index (Phi) is 5.96. The monoisotopic (exact) mass is 578 g/mol. The summed E-state index contributed by atoms with van der Waals surface area (Å²) >= 11 is 0. The Labute approximate surface area is 228 Å². The van der Waals surface area contributed by atoms with Crippen LogP contribution in [0.1, 0.15) is 43.6 Å². The van der Waals surface area contributed by atoms with Gasteiger partial charge in [0.25, 0.3) is 5.56 Å². The van der Waals surface area contributed by atoms with Gasteiger partial charge in [-0.15, -0.1) is 0 Å². The average Bonchev–Trinajstić information content (AvgIpc) is 3.66. The summed E-state index contributed by atoms with van der Waals surface area (Å²) in [6, 6.07) is 6.83. The van der Waals surface area contributed by atoms with Gasteiger partial charge in [-0.25, -0.2) is 24.3 Å². The predicted octanol–water partition coefficient (Wildman–Crippen LogP) is 4.65. The highest BCUT2D eigenvalue weighted by atomic mass is 19.4. The molecule has 0 amide bonds. The minimum Gasteiger partial charge on any atom is -0.324 e. The molecule has 216 valence electrons. The third kappa shape index (κ3) is 4.71. The summed E-state index contributed by atoms with van der Waals surface area (Å²) in [5, 5.41) is 6.21. The average molecular weight is 579 g/mol. The minimum absolute atomic E-state index is 0.0215. The molecule has 6 rings (SSSR count). The summed E-state index contributed by atoms with van der Waals surface area (Å²) in [6.07, 6.45) is -7.06. The summed E-state index contributed by atoms with van der Waals surface area (Å²) in [7, 11) is 0. The van der Waals surface area contributed by atoms with E-state index in [0.29, 0.717) is 10.4 Å². The summed E-state index contributed by atoms with van der Waals surface area (Å²) in [5.74, 6) is -0.948. The van der Waals surface area contributed by atoms with E-state index in [1.165, 1.54) is 0 Å². The maximum atomic E-state index is 13.8. The zero-order valence-electron chi connectivity index (χ0n) is 21.9. The molecule has 0 spiro atoms. The predicted molar refractivity (Wildman–Crippen MR) is 136 cm³/mol. The van der Waals surface area contributed by atoms with E-state index in [1.54, 1.807) is 0 Å². The number of hydrogen-bond donors (Lipinski definition) is 2. The van der Waals surface area contributed by atoms with E-state index in [0.717, 1.165) is 47.2 Å². The van der Waals surface area contributed by atoms with Crippen molar-refractivity contribution in [1.29, 1.82) is 0 Å². The van der Waals surface area contributed by atoms with Crippen molar-refractivity contribution in [3.8, 4) is 5.82 Å². The Bertz CT molecular complexity index is 1720. The summed E-state index contributed by atoms with van der Waals surface area (Å²) in [4.78, 5) is 29.3. The summed E-state index contributed by atoms with van der Waals surface area (Å²) in [5.41, 5.74) is -0.976. The molecule has 1 aliphatic heterocycles. The van der Waals surface area contributed by atoms with Gasteiger partial charge in [-0.1, -0.05) is 6.07 Å². The van der Waals surface area contributed by atoms with Crippen LogP contribution < -0.4 is 16.2 Å².